The third-order valence-corrected chi connectivity index (χ3v) is 3.95. The second-order valence-corrected chi connectivity index (χ2v) is 5.59. The second-order valence-electron chi connectivity index (χ2n) is 5.59. The summed E-state index contributed by atoms with van der Waals surface area (Å²) in [5.74, 6) is 0.764. The summed E-state index contributed by atoms with van der Waals surface area (Å²) in [6.07, 6.45) is 0.179. The molecule has 128 valence electrons. The smallest absolute Gasteiger partial charge is 0.392 e. The molecule has 0 bridgehead atoms. The zero-order valence-electron chi connectivity index (χ0n) is 12.6. The Morgan fingerprint density at radius 2 is 1.92 bits per heavy atom. The molecule has 2 atom stereocenters. The maximum atomic E-state index is 12.9. The number of primary amides is 1. The highest BCUT2D eigenvalue weighted by atomic mass is 19.4. The van der Waals surface area contributed by atoms with Crippen LogP contribution < -0.4 is 5.73 Å². The van der Waals surface area contributed by atoms with E-state index in [1.54, 1.807) is 0 Å². The van der Waals surface area contributed by atoms with Crippen molar-refractivity contribution in [1.82, 2.24) is 0 Å². The lowest BCUT2D eigenvalue weighted by molar-refractivity contribution is -0.166. The molecule has 5 nitrogen and oxygen atoms in total. The molecule has 1 aromatic carbocycles. The summed E-state index contributed by atoms with van der Waals surface area (Å²) in [4.78, 5) is 11.2. The van der Waals surface area contributed by atoms with Gasteiger partial charge in [0.15, 0.2) is 0 Å². The van der Waals surface area contributed by atoms with E-state index in [1.165, 1.54) is 24.3 Å². The molecular weight excluding hydrogens is 323 g/mol. The van der Waals surface area contributed by atoms with Gasteiger partial charge in [0.05, 0.1) is 12.0 Å². The Kier molecular flexibility index (Phi) is 4.94. The fourth-order valence-corrected chi connectivity index (χ4v) is 2.42. The average molecular weight is 339 g/mol. The molecule has 1 amide bonds. The molecule has 0 saturated carbocycles. The summed E-state index contributed by atoms with van der Waals surface area (Å²) in [7, 11) is 0. The summed E-state index contributed by atoms with van der Waals surface area (Å²) >= 11 is 0. The number of aryl methyl sites for hydroxylation is 1. The number of nitrogens with two attached hydrogens (primary N) is 1. The largest absolute Gasteiger partial charge is 0.442 e. The lowest BCUT2D eigenvalue weighted by Gasteiger charge is -2.18. The van der Waals surface area contributed by atoms with Crippen LogP contribution in [0.2, 0.25) is 0 Å². The van der Waals surface area contributed by atoms with E-state index in [1.807, 2.05) is 0 Å². The van der Waals surface area contributed by atoms with Crippen LogP contribution in [-0.2, 0) is 16.9 Å². The van der Waals surface area contributed by atoms with Crippen molar-refractivity contribution in [3.8, 4) is 12.3 Å². The first-order valence-corrected chi connectivity index (χ1v) is 7.22. The van der Waals surface area contributed by atoms with Crippen LogP contribution >= 0.6 is 0 Å². The van der Waals surface area contributed by atoms with Crippen LogP contribution in [0.1, 0.15) is 24.0 Å². The van der Waals surface area contributed by atoms with Gasteiger partial charge in [-0.2, -0.15) is 13.2 Å². The molecule has 0 unspecified atom stereocenters. The van der Waals surface area contributed by atoms with E-state index < -0.39 is 29.8 Å². The monoisotopic (exact) mass is 339 g/mol. The molecule has 24 heavy (non-hydrogen) atoms. The Bertz CT molecular complexity index is 671. The van der Waals surface area contributed by atoms with Gasteiger partial charge in [-0.05, 0) is 18.4 Å². The van der Waals surface area contributed by atoms with Gasteiger partial charge in [0.25, 0.3) is 0 Å². The third kappa shape index (κ3) is 3.57. The maximum absolute atomic E-state index is 12.9. The van der Waals surface area contributed by atoms with E-state index in [-0.39, 0.29) is 18.4 Å². The van der Waals surface area contributed by atoms with Crippen LogP contribution in [0.4, 0.5) is 13.2 Å². The van der Waals surface area contributed by atoms with E-state index >= 15 is 0 Å². The molecule has 1 heterocycles. The number of benzene rings is 1. The number of carbonyl (C=O) groups excluding carboxylic acids is 1. The molecule has 1 aromatic rings. The Labute approximate surface area is 136 Å². The topological polar surface area (TPSA) is 88.0 Å². The highest BCUT2D eigenvalue weighted by Gasteiger charge is 2.65. The fraction of sp³-hybridized carbons (Fsp3) is 0.438. The first-order chi connectivity index (χ1) is 11.2. The van der Waals surface area contributed by atoms with Gasteiger partial charge in [0.2, 0.25) is 5.91 Å². The number of aliphatic hydroxyl groups is 1. The third-order valence-electron chi connectivity index (χ3n) is 3.95. The number of aliphatic hydroxyl groups excluding tert-OH is 1. The summed E-state index contributed by atoms with van der Waals surface area (Å²) in [5.41, 5.74) is 3.40. The van der Waals surface area contributed by atoms with E-state index in [4.69, 9.17) is 12.2 Å². The van der Waals surface area contributed by atoms with Gasteiger partial charge in [0.1, 0.15) is 0 Å². The Morgan fingerprint density at radius 3 is 2.33 bits per heavy atom. The fourth-order valence-electron chi connectivity index (χ4n) is 2.42. The molecule has 1 aliphatic heterocycles. The van der Waals surface area contributed by atoms with Crippen LogP contribution in [0.5, 0.6) is 0 Å². The van der Waals surface area contributed by atoms with Crippen molar-refractivity contribution in [2.75, 3.05) is 0 Å². The van der Waals surface area contributed by atoms with Gasteiger partial charge in [-0.1, -0.05) is 24.3 Å². The number of terminal acetylenes is 1. The molecule has 0 aliphatic carbocycles. The zero-order valence-corrected chi connectivity index (χ0v) is 12.6. The molecule has 2 rings (SSSR count). The minimum atomic E-state index is -4.56. The lowest BCUT2D eigenvalue weighted by Crippen LogP contribution is -2.33. The number of nitrogens with zero attached hydrogens (tertiary/aromatic N) is 2. The Balaban J connectivity index is 1.98. The highest BCUT2D eigenvalue weighted by molar-refractivity contribution is 5.77. The zero-order chi connectivity index (χ0) is 18.0. The van der Waals surface area contributed by atoms with Crippen LogP contribution in [-0.4, -0.2) is 23.3 Å². The predicted octanol–water partition coefficient (Wildman–Crippen LogP) is 2.29. The maximum Gasteiger partial charge on any atom is 0.442 e. The van der Waals surface area contributed by atoms with Crippen molar-refractivity contribution in [3.63, 3.8) is 0 Å². The first kappa shape index (κ1) is 17.9. The molecule has 8 heteroatoms. The first-order valence-electron chi connectivity index (χ1n) is 7.22. The second kappa shape index (κ2) is 6.61. The molecular formula is C16H16F3N3O2. The molecule has 1 aliphatic rings. The molecule has 0 radical (unpaired) electrons. The number of hydrogen-bond acceptors (Lipinski definition) is 4. The van der Waals surface area contributed by atoms with Crippen molar-refractivity contribution in [2.24, 2.45) is 21.9 Å². The summed E-state index contributed by atoms with van der Waals surface area (Å²) < 4.78 is 38.7. The molecule has 0 fully saturated rings. The van der Waals surface area contributed by atoms with Gasteiger partial charge >= 0.3 is 11.8 Å². The number of rotatable bonds is 7. The Morgan fingerprint density at radius 1 is 1.33 bits per heavy atom. The van der Waals surface area contributed by atoms with E-state index in [2.05, 4.69) is 16.1 Å². The average Bonchev–Trinajstić information content (AvgIpc) is 3.32. The number of amides is 1. The minimum Gasteiger partial charge on any atom is -0.392 e. The van der Waals surface area contributed by atoms with Gasteiger partial charge in [-0.15, -0.1) is 22.6 Å². The van der Waals surface area contributed by atoms with Crippen molar-refractivity contribution in [1.29, 1.82) is 0 Å². The van der Waals surface area contributed by atoms with Gasteiger partial charge in [-0.3, -0.25) is 4.79 Å². The highest BCUT2D eigenvalue weighted by Crippen LogP contribution is 2.52. The van der Waals surface area contributed by atoms with Crippen LogP contribution in [0.3, 0.4) is 0 Å². The number of halogens is 3. The molecule has 0 aromatic heterocycles. The van der Waals surface area contributed by atoms with Gasteiger partial charge in [0, 0.05) is 12.0 Å². The SMILES string of the molecule is C#CC[C@@H](C(N)=O)[C@H](O)CCc1ccc(C2(C(F)(F)F)N=N2)cc1. The van der Waals surface area contributed by atoms with Crippen molar-refractivity contribution in [3.05, 3.63) is 35.4 Å². The quantitative estimate of drug-likeness (QED) is 0.747. The standard InChI is InChI=1S/C16H16F3N3O2/c1-2-3-12(14(20)24)13(23)9-6-10-4-7-11(8-5-10)15(21-22-15)16(17,18)19/h1,4-5,7-8,12-13,23H,3,6,9H2,(H2,20,24)/t12-,13-/m1/s1. The van der Waals surface area contributed by atoms with Crippen molar-refractivity contribution < 1.29 is 23.1 Å². The van der Waals surface area contributed by atoms with Crippen LogP contribution in [0, 0.1) is 18.3 Å². The minimum absolute atomic E-state index is 0.0343. The Hall–Kier alpha value is -2.40. The van der Waals surface area contributed by atoms with Crippen LogP contribution in [0.25, 0.3) is 0 Å². The molecule has 3 N–H and O–H groups in total. The normalized spacial score (nSPS) is 17.8. The van der Waals surface area contributed by atoms with Crippen molar-refractivity contribution in [2.45, 2.75) is 37.2 Å². The lowest BCUT2D eigenvalue weighted by atomic mass is 9.92. The van der Waals surface area contributed by atoms with E-state index in [9.17, 15) is 23.1 Å². The van der Waals surface area contributed by atoms with Gasteiger partial charge < -0.3 is 10.8 Å². The van der Waals surface area contributed by atoms with E-state index in [0.717, 1.165) is 0 Å². The van der Waals surface area contributed by atoms with Crippen molar-refractivity contribution >= 4 is 5.91 Å². The van der Waals surface area contributed by atoms with Gasteiger partial charge in [-0.25, -0.2) is 0 Å². The van der Waals surface area contributed by atoms with E-state index in [0.29, 0.717) is 12.0 Å². The number of alkyl halides is 3. The molecule has 0 spiro atoms. The predicted molar refractivity (Wildman–Crippen MR) is 79.5 cm³/mol. The molecule has 0 saturated heterocycles. The summed E-state index contributed by atoms with van der Waals surface area (Å²) in [6, 6.07) is 5.64. The summed E-state index contributed by atoms with van der Waals surface area (Å²) in [5, 5.41) is 16.3. The number of carbonyl (C=O) groups is 1. The summed E-state index contributed by atoms with van der Waals surface area (Å²) in [6.45, 7) is 0. The van der Waals surface area contributed by atoms with Crippen LogP contribution in [0.15, 0.2) is 34.5 Å². The number of hydrogen-bond donors (Lipinski definition) is 2.